The van der Waals surface area contributed by atoms with E-state index in [2.05, 4.69) is 46.7 Å². The number of piperidine rings is 1. The van der Waals surface area contributed by atoms with E-state index >= 15 is 0 Å². The van der Waals surface area contributed by atoms with Crippen molar-refractivity contribution < 1.29 is 0 Å². The second-order valence-electron chi connectivity index (χ2n) is 7.13. The lowest BCUT2D eigenvalue weighted by Gasteiger charge is -2.26. The van der Waals surface area contributed by atoms with Gasteiger partial charge in [0.2, 0.25) is 0 Å². The minimum atomic E-state index is 0.114. The van der Waals surface area contributed by atoms with Crippen molar-refractivity contribution in [2.45, 2.75) is 52.0 Å². The molecule has 1 saturated heterocycles. The van der Waals surface area contributed by atoms with Crippen molar-refractivity contribution in [2.24, 2.45) is 4.99 Å². The quantitative estimate of drug-likeness (QED) is 0.640. The highest BCUT2D eigenvalue weighted by Crippen LogP contribution is 2.23. The Balaban J connectivity index is 1.71. The van der Waals surface area contributed by atoms with E-state index in [4.69, 9.17) is 4.98 Å². The Morgan fingerprint density at radius 3 is 2.61 bits per heavy atom. The summed E-state index contributed by atoms with van der Waals surface area (Å²) in [5.41, 5.74) is 1.27. The van der Waals surface area contributed by atoms with Gasteiger partial charge >= 0.3 is 0 Å². The van der Waals surface area contributed by atoms with Gasteiger partial charge in [-0.05, 0) is 25.9 Å². The van der Waals surface area contributed by atoms with E-state index in [0.717, 1.165) is 36.3 Å². The molecule has 1 aromatic heterocycles. The molecule has 1 aliphatic heterocycles. The van der Waals surface area contributed by atoms with Crippen LogP contribution in [0.25, 0.3) is 0 Å². The maximum absolute atomic E-state index is 4.71. The largest absolute Gasteiger partial charge is 0.355 e. The zero-order valence-corrected chi connectivity index (χ0v) is 15.8. The molecule has 1 aliphatic rings. The average Bonchev–Trinajstić information content (AvgIpc) is 3.01. The Kier molecular flexibility index (Phi) is 6.84. The lowest BCUT2D eigenvalue weighted by molar-refractivity contribution is 0.232. The van der Waals surface area contributed by atoms with Crippen LogP contribution in [0.2, 0.25) is 0 Å². The lowest BCUT2D eigenvalue weighted by Crippen LogP contribution is -2.42. The van der Waals surface area contributed by atoms with E-state index in [1.807, 2.05) is 7.05 Å². The number of nitrogens with one attached hydrogen (secondary N) is 2. The molecule has 5 nitrogen and oxygen atoms in total. The molecule has 0 amide bonds. The summed E-state index contributed by atoms with van der Waals surface area (Å²) >= 11 is 1.71. The van der Waals surface area contributed by atoms with E-state index in [9.17, 15) is 0 Å². The Bertz CT molecular complexity index is 497. The molecule has 1 aromatic rings. The van der Waals surface area contributed by atoms with E-state index in [-0.39, 0.29) is 5.41 Å². The van der Waals surface area contributed by atoms with Crippen LogP contribution in [0, 0.1) is 0 Å². The van der Waals surface area contributed by atoms with Gasteiger partial charge in [0.25, 0.3) is 0 Å². The van der Waals surface area contributed by atoms with Crippen molar-refractivity contribution in [2.75, 3.05) is 33.2 Å². The van der Waals surface area contributed by atoms with Crippen molar-refractivity contribution in [1.82, 2.24) is 20.5 Å². The molecule has 0 radical (unpaired) electrons. The molecule has 0 spiro atoms. The van der Waals surface area contributed by atoms with Crippen LogP contribution in [0.4, 0.5) is 0 Å². The predicted octanol–water partition coefficient (Wildman–Crippen LogP) is 2.59. The van der Waals surface area contributed by atoms with Gasteiger partial charge in [0.1, 0.15) is 5.01 Å². The van der Waals surface area contributed by atoms with Gasteiger partial charge < -0.3 is 15.5 Å². The second kappa shape index (κ2) is 8.64. The maximum atomic E-state index is 4.71. The van der Waals surface area contributed by atoms with Crippen molar-refractivity contribution in [3.63, 3.8) is 0 Å². The van der Waals surface area contributed by atoms with Gasteiger partial charge in [-0.2, -0.15) is 0 Å². The van der Waals surface area contributed by atoms with Gasteiger partial charge in [-0.3, -0.25) is 4.99 Å². The fraction of sp³-hybridized carbons (Fsp3) is 0.765. The highest BCUT2D eigenvalue weighted by molar-refractivity contribution is 7.09. The minimum Gasteiger partial charge on any atom is -0.355 e. The van der Waals surface area contributed by atoms with Gasteiger partial charge in [0.15, 0.2) is 5.96 Å². The number of thiazole rings is 1. The van der Waals surface area contributed by atoms with Crippen LogP contribution in [0.3, 0.4) is 0 Å². The average molecular weight is 338 g/mol. The molecular weight excluding hydrogens is 306 g/mol. The van der Waals surface area contributed by atoms with Crippen LogP contribution in [-0.4, -0.2) is 49.1 Å². The number of aromatic nitrogens is 1. The van der Waals surface area contributed by atoms with Crippen molar-refractivity contribution in [1.29, 1.82) is 0 Å². The van der Waals surface area contributed by atoms with Crippen LogP contribution in [0.15, 0.2) is 10.4 Å². The first-order valence-electron chi connectivity index (χ1n) is 8.61. The standard InChI is InChI=1S/C17H31N5S/c1-17(2,3)14-13-23-15(21-14)12-20-16(18-4)19-8-11-22-9-6-5-7-10-22/h13H,5-12H2,1-4H3,(H2,18,19,20). The Morgan fingerprint density at radius 2 is 2.00 bits per heavy atom. The number of hydrogen-bond acceptors (Lipinski definition) is 4. The zero-order chi connectivity index (χ0) is 16.7. The number of likely N-dealkylation sites (tertiary alicyclic amines) is 1. The SMILES string of the molecule is CN=C(NCCN1CCCCC1)NCc1nc(C(C)(C)C)cs1. The summed E-state index contributed by atoms with van der Waals surface area (Å²) in [6.45, 7) is 11.8. The summed E-state index contributed by atoms with van der Waals surface area (Å²) in [7, 11) is 1.82. The van der Waals surface area contributed by atoms with Crippen molar-refractivity contribution in [3.05, 3.63) is 16.1 Å². The molecule has 23 heavy (non-hydrogen) atoms. The molecule has 0 saturated carbocycles. The molecule has 0 aliphatic carbocycles. The highest BCUT2D eigenvalue weighted by Gasteiger charge is 2.17. The molecule has 1 fully saturated rings. The van der Waals surface area contributed by atoms with E-state index in [1.165, 1.54) is 32.4 Å². The molecule has 0 bridgehead atoms. The van der Waals surface area contributed by atoms with Crippen molar-refractivity contribution in [3.8, 4) is 0 Å². The van der Waals surface area contributed by atoms with Crippen LogP contribution in [-0.2, 0) is 12.0 Å². The molecule has 2 heterocycles. The summed E-state index contributed by atoms with van der Waals surface area (Å²) in [6.07, 6.45) is 4.07. The number of aliphatic imine (C=N–C) groups is 1. The number of guanidine groups is 1. The third-order valence-corrected chi connectivity index (χ3v) is 4.97. The fourth-order valence-corrected chi connectivity index (χ4v) is 3.59. The van der Waals surface area contributed by atoms with Crippen LogP contribution < -0.4 is 10.6 Å². The predicted molar refractivity (Wildman–Crippen MR) is 99.3 cm³/mol. The van der Waals surface area contributed by atoms with Crippen LogP contribution in [0.1, 0.15) is 50.7 Å². The third kappa shape index (κ3) is 6.11. The second-order valence-corrected chi connectivity index (χ2v) is 8.07. The summed E-state index contributed by atoms with van der Waals surface area (Å²) in [6, 6.07) is 0. The summed E-state index contributed by atoms with van der Waals surface area (Å²) in [5, 5.41) is 10.0. The van der Waals surface area contributed by atoms with Gasteiger partial charge in [-0.25, -0.2) is 4.98 Å². The Morgan fingerprint density at radius 1 is 1.26 bits per heavy atom. The zero-order valence-electron chi connectivity index (χ0n) is 15.0. The first kappa shape index (κ1) is 18.2. The molecule has 2 N–H and O–H groups in total. The first-order valence-corrected chi connectivity index (χ1v) is 9.49. The highest BCUT2D eigenvalue weighted by atomic mass is 32.1. The monoisotopic (exact) mass is 337 g/mol. The number of rotatable bonds is 5. The van der Waals surface area contributed by atoms with Gasteiger partial charge in [-0.1, -0.05) is 27.2 Å². The molecule has 130 valence electrons. The molecule has 0 atom stereocenters. The molecule has 0 aromatic carbocycles. The van der Waals surface area contributed by atoms with Crippen LogP contribution in [0.5, 0.6) is 0 Å². The summed E-state index contributed by atoms with van der Waals surface area (Å²) < 4.78 is 0. The smallest absolute Gasteiger partial charge is 0.191 e. The third-order valence-electron chi connectivity index (χ3n) is 4.12. The van der Waals surface area contributed by atoms with E-state index in [1.54, 1.807) is 11.3 Å². The molecular formula is C17H31N5S. The number of hydrogen-bond donors (Lipinski definition) is 2. The molecule has 6 heteroatoms. The molecule has 2 rings (SSSR count). The topological polar surface area (TPSA) is 52.6 Å². The van der Waals surface area contributed by atoms with Crippen molar-refractivity contribution >= 4 is 17.3 Å². The molecule has 0 unspecified atom stereocenters. The maximum Gasteiger partial charge on any atom is 0.191 e. The van der Waals surface area contributed by atoms with Gasteiger partial charge in [-0.15, -0.1) is 11.3 Å². The normalized spacial score (nSPS) is 17.3. The Hall–Kier alpha value is -1.14. The number of nitrogens with zero attached hydrogens (tertiary/aromatic N) is 3. The minimum absolute atomic E-state index is 0.114. The van der Waals surface area contributed by atoms with Gasteiger partial charge in [0.05, 0.1) is 12.2 Å². The van der Waals surface area contributed by atoms with Gasteiger partial charge in [0, 0.05) is 30.9 Å². The summed E-state index contributed by atoms with van der Waals surface area (Å²) in [4.78, 5) is 11.5. The fourth-order valence-electron chi connectivity index (χ4n) is 2.63. The lowest BCUT2D eigenvalue weighted by atomic mass is 9.93. The van der Waals surface area contributed by atoms with E-state index < -0.39 is 0 Å². The van der Waals surface area contributed by atoms with Crippen LogP contribution >= 0.6 is 11.3 Å². The summed E-state index contributed by atoms with van der Waals surface area (Å²) in [5.74, 6) is 0.856. The van der Waals surface area contributed by atoms with E-state index in [0.29, 0.717) is 0 Å². The Labute approximate surface area is 144 Å². The first-order chi connectivity index (χ1) is 11.0.